The van der Waals surface area contributed by atoms with Crippen LogP contribution in [0.3, 0.4) is 0 Å². The molecule has 0 aliphatic carbocycles. The molecule has 104 valence electrons. The molecule has 0 amide bonds. The SMILES string of the molecule is Cn1c(=O)[nH]c2c3cc(Br)c(C(C)(C)F)cc3nnc21. The number of hydrogen-bond donors (Lipinski definition) is 1. The first-order valence-electron chi connectivity index (χ1n) is 6.03. The second-order valence-corrected chi connectivity index (χ2v) is 6.06. The molecule has 7 heteroatoms. The summed E-state index contributed by atoms with van der Waals surface area (Å²) in [6.07, 6.45) is 0. The van der Waals surface area contributed by atoms with Crippen molar-refractivity contribution < 1.29 is 4.39 Å². The number of imidazole rings is 1. The Bertz CT molecular complexity index is 891. The van der Waals surface area contributed by atoms with Gasteiger partial charge in [0.15, 0.2) is 5.65 Å². The van der Waals surface area contributed by atoms with Gasteiger partial charge in [0.05, 0.1) is 11.0 Å². The molecule has 3 rings (SSSR count). The third kappa shape index (κ3) is 1.84. The molecule has 2 heterocycles. The molecular formula is C13H12BrFN4O. The van der Waals surface area contributed by atoms with Crippen LogP contribution in [0.15, 0.2) is 21.4 Å². The number of hydrogen-bond acceptors (Lipinski definition) is 3. The molecule has 0 radical (unpaired) electrons. The average molecular weight is 339 g/mol. The summed E-state index contributed by atoms with van der Waals surface area (Å²) >= 11 is 3.38. The Labute approximate surface area is 121 Å². The minimum Gasteiger partial charge on any atom is -0.303 e. The maximum atomic E-state index is 14.2. The molecule has 0 spiro atoms. The van der Waals surface area contributed by atoms with Crippen molar-refractivity contribution in [2.75, 3.05) is 0 Å². The van der Waals surface area contributed by atoms with Gasteiger partial charge >= 0.3 is 5.69 Å². The molecular weight excluding hydrogens is 327 g/mol. The van der Waals surface area contributed by atoms with Crippen LogP contribution in [0.2, 0.25) is 0 Å². The van der Waals surface area contributed by atoms with Crippen LogP contribution in [0.4, 0.5) is 4.39 Å². The minimum atomic E-state index is -1.49. The number of alkyl halides is 1. The largest absolute Gasteiger partial charge is 0.327 e. The molecule has 1 aromatic carbocycles. The summed E-state index contributed by atoms with van der Waals surface area (Å²) in [6, 6.07) is 3.41. The Kier molecular flexibility index (Phi) is 2.72. The third-order valence-corrected chi connectivity index (χ3v) is 3.98. The van der Waals surface area contributed by atoms with Crippen LogP contribution in [0.1, 0.15) is 19.4 Å². The maximum absolute atomic E-state index is 14.2. The molecule has 0 fully saturated rings. The van der Waals surface area contributed by atoms with Gasteiger partial charge in [-0.3, -0.25) is 4.57 Å². The van der Waals surface area contributed by atoms with Crippen LogP contribution in [0, 0.1) is 0 Å². The fourth-order valence-corrected chi connectivity index (χ4v) is 3.03. The van der Waals surface area contributed by atoms with Gasteiger partial charge in [-0.1, -0.05) is 15.9 Å². The van der Waals surface area contributed by atoms with Crippen molar-refractivity contribution in [1.29, 1.82) is 0 Å². The molecule has 0 atom stereocenters. The van der Waals surface area contributed by atoms with Gasteiger partial charge in [-0.15, -0.1) is 10.2 Å². The lowest BCUT2D eigenvalue weighted by Crippen LogP contribution is -2.12. The van der Waals surface area contributed by atoms with Gasteiger partial charge in [-0.25, -0.2) is 9.18 Å². The van der Waals surface area contributed by atoms with E-state index in [9.17, 15) is 9.18 Å². The van der Waals surface area contributed by atoms with E-state index in [0.717, 1.165) is 5.39 Å². The smallest absolute Gasteiger partial charge is 0.303 e. The monoisotopic (exact) mass is 338 g/mol. The molecule has 0 unspecified atom stereocenters. The van der Waals surface area contributed by atoms with E-state index in [2.05, 4.69) is 31.1 Å². The summed E-state index contributed by atoms with van der Waals surface area (Å²) in [7, 11) is 1.62. The zero-order chi connectivity index (χ0) is 14.7. The van der Waals surface area contributed by atoms with Gasteiger partial charge in [0, 0.05) is 22.5 Å². The highest BCUT2D eigenvalue weighted by Crippen LogP contribution is 2.35. The summed E-state index contributed by atoms with van der Waals surface area (Å²) in [5.74, 6) is 0. The molecule has 5 nitrogen and oxygen atoms in total. The summed E-state index contributed by atoms with van der Waals surface area (Å²) in [6.45, 7) is 2.96. The quantitative estimate of drug-likeness (QED) is 0.742. The van der Waals surface area contributed by atoms with Crippen molar-refractivity contribution in [2.45, 2.75) is 19.5 Å². The minimum absolute atomic E-state index is 0.257. The standard InChI is InChI=1S/C13H12BrFN4O/c1-13(2,15)7-5-9-6(4-8(7)14)10-11(18-17-9)19(3)12(20)16-10/h4-5H,1-3H3,(H,16,20). The van der Waals surface area contributed by atoms with Crippen molar-refractivity contribution in [3.63, 3.8) is 0 Å². The number of nitrogens with one attached hydrogen (secondary N) is 1. The maximum Gasteiger partial charge on any atom is 0.327 e. The summed E-state index contributed by atoms with van der Waals surface area (Å²) in [5, 5.41) is 8.84. The van der Waals surface area contributed by atoms with Gasteiger partial charge in [-0.05, 0) is 26.0 Å². The number of aromatic nitrogens is 4. The number of benzene rings is 1. The highest BCUT2D eigenvalue weighted by atomic mass is 79.9. The van der Waals surface area contributed by atoms with Gasteiger partial charge in [0.2, 0.25) is 0 Å². The number of aryl methyl sites for hydroxylation is 1. The molecule has 0 saturated heterocycles. The van der Waals surface area contributed by atoms with Crippen LogP contribution in [-0.2, 0) is 12.7 Å². The number of H-pyrrole nitrogens is 1. The lowest BCUT2D eigenvalue weighted by Gasteiger charge is -2.17. The van der Waals surface area contributed by atoms with Crippen molar-refractivity contribution in [1.82, 2.24) is 19.7 Å². The number of nitrogens with zero attached hydrogens (tertiary/aromatic N) is 3. The molecule has 1 N–H and O–H groups in total. The van der Waals surface area contributed by atoms with E-state index in [1.54, 1.807) is 19.2 Å². The molecule has 2 aromatic heterocycles. The fraction of sp³-hybridized carbons (Fsp3) is 0.308. The Balaban J connectivity index is 2.45. The van der Waals surface area contributed by atoms with E-state index >= 15 is 0 Å². The predicted octanol–water partition coefficient (Wildman–Crippen LogP) is 2.78. The number of aromatic amines is 1. The van der Waals surface area contributed by atoms with E-state index < -0.39 is 5.67 Å². The van der Waals surface area contributed by atoms with Crippen LogP contribution in [0.25, 0.3) is 22.1 Å². The van der Waals surface area contributed by atoms with Crippen LogP contribution in [0.5, 0.6) is 0 Å². The normalized spacial score (nSPS) is 12.4. The van der Waals surface area contributed by atoms with E-state index in [-0.39, 0.29) is 5.69 Å². The molecule has 0 bridgehead atoms. The van der Waals surface area contributed by atoms with Crippen LogP contribution >= 0.6 is 15.9 Å². The van der Waals surface area contributed by atoms with Gasteiger partial charge in [0.1, 0.15) is 5.67 Å². The molecule has 3 aromatic rings. The molecule has 0 aliphatic heterocycles. The predicted molar refractivity (Wildman–Crippen MR) is 78.5 cm³/mol. The average Bonchev–Trinajstić information content (AvgIpc) is 2.64. The Hall–Kier alpha value is -1.76. The fourth-order valence-electron chi connectivity index (χ4n) is 2.22. The van der Waals surface area contributed by atoms with Crippen molar-refractivity contribution in [2.24, 2.45) is 7.05 Å². The van der Waals surface area contributed by atoms with Crippen molar-refractivity contribution >= 4 is 38.0 Å². The zero-order valence-electron chi connectivity index (χ0n) is 11.2. The highest BCUT2D eigenvalue weighted by molar-refractivity contribution is 9.10. The van der Waals surface area contributed by atoms with Gasteiger partial charge < -0.3 is 4.98 Å². The first-order valence-corrected chi connectivity index (χ1v) is 6.82. The van der Waals surface area contributed by atoms with Gasteiger partial charge in [-0.2, -0.15) is 0 Å². The highest BCUT2D eigenvalue weighted by Gasteiger charge is 2.23. The summed E-state index contributed by atoms with van der Waals surface area (Å²) < 4.78 is 16.2. The molecule has 0 saturated carbocycles. The van der Waals surface area contributed by atoms with E-state index in [1.807, 2.05) is 0 Å². The Morgan fingerprint density at radius 3 is 2.70 bits per heavy atom. The van der Waals surface area contributed by atoms with Gasteiger partial charge in [0.25, 0.3) is 0 Å². The van der Waals surface area contributed by atoms with Crippen molar-refractivity contribution in [3.05, 3.63) is 32.7 Å². The molecule has 20 heavy (non-hydrogen) atoms. The van der Waals surface area contributed by atoms with Crippen molar-refractivity contribution in [3.8, 4) is 0 Å². The van der Waals surface area contributed by atoms with E-state index in [0.29, 0.717) is 26.7 Å². The van der Waals surface area contributed by atoms with Crippen LogP contribution < -0.4 is 5.69 Å². The van der Waals surface area contributed by atoms with E-state index in [4.69, 9.17) is 0 Å². The third-order valence-electron chi connectivity index (χ3n) is 3.33. The lowest BCUT2D eigenvalue weighted by molar-refractivity contribution is 0.220. The topological polar surface area (TPSA) is 63.6 Å². The lowest BCUT2D eigenvalue weighted by atomic mass is 9.99. The van der Waals surface area contributed by atoms with E-state index in [1.165, 1.54) is 18.4 Å². The first-order chi connectivity index (χ1) is 9.29. The second kappa shape index (κ2) is 4.12. The summed E-state index contributed by atoms with van der Waals surface area (Å²) in [5.41, 5.74) is 0.370. The number of fused-ring (bicyclic) bond motifs is 3. The first kappa shape index (κ1) is 13.2. The Morgan fingerprint density at radius 1 is 1.35 bits per heavy atom. The molecule has 0 aliphatic rings. The number of rotatable bonds is 1. The number of halogens is 2. The Morgan fingerprint density at radius 2 is 2.05 bits per heavy atom. The summed E-state index contributed by atoms with van der Waals surface area (Å²) in [4.78, 5) is 14.4. The second-order valence-electron chi connectivity index (χ2n) is 5.21. The van der Waals surface area contributed by atoms with Crippen LogP contribution in [-0.4, -0.2) is 19.7 Å². The zero-order valence-corrected chi connectivity index (χ0v) is 12.7.